The van der Waals surface area contributed by atoms with Crippen molar-refractivity contribution in [2.24, 2.45) is 0 Å². The Hall–Kier alpha value is -3.92. The van der Waals surface area contributed by atoms with E-state index >= 15 is 0 Å². The zero-order valence-electron chi connectivity index (χ0n) is 21.0. The lowest BCUT2D eigenvalue weighted by atomic mass is 10.1. The molecule has 42 heavy (non-hydrogen) atoms. The van der Waals surface area contributed by atoms with E-state index in [2.05, 4.69) is 10.1 Å². The zero-order chi connectivity index (χ0) is 31.0. The number of carbonyl (C=O) groups excluding carboxylic acids is 1. The summed E-state index contributed by atoms with van der Waals surface area (Å²) in [7, 11) is 0.774. The maximum atomic E-state index is 14.2. The molecule has 0 spiro atoms. The summed E-state index contributed by atoms with van der Waals surface area (Å²) in [4.78, 5) is 15.0. The molecule has 3 aromatic rings. The second kappa shape index (κ2) is 12.1. The third kappa shape index (κ3) is 5.60. The number of rotatable bonds is 5. The highest BCUT2D eigenvalue weighted by atomic mass is 35.5. The molecule has 1 heterocycles. The van der Waals surface area contributed by atoms with Crippen LogP contribution in [0.15, 0.2) is 18.2 Å². The van der Waals surface area contributed by atoms with E-state index in [0.717, 1.165) is 12.0 Å². The molecule has 0 atom stereocenters. The van der Waals surface area contributed by atoms with Crippen LogP contribution in [-0.2, 0) is 0 Å². The smallest absolute Gasteiger partial charge is 0.263 e. The van der Waals surface area contributed by atoms with E-state index in [1.54, 1.807) is 4.90 Å². The number of benzene rings is 3. The number of nitrogens with one attached hydrogen (secondary N) is 2. The van der Waals surface area contributed by atoms with Gasteiger partial charge in [0, 0.05) is 31.9 Å². The van der Waals surface area contributed by atoms with Gasteiger partial charge in [0.1, 0.15) is 11.3 Å². The first-order chi connectivity index (χ1) is 19.8. The van der Waals surface area contributed by atoms with Crippen molar-refractivity contribution in [1.82, 2.24) is 5.32 Å². The van der Waals surface area contributed by atoms with Crippen molar-refractivity contribution in [3.63, 3.8) is 0 Å². The predicted molar refractivity (Wildman–Crippen MR) is 139 cm³/mol. The van der Waals surface area contributed by atoms with Gasteiger partial charge < -0.3 is 19.9 Å². The summed E-state index contributed by atoms with van der Waals surface area (Å²) in [5.41, 5.74) is -2.02. The van der Waals surface area contributed by atoms with Gasteiger partial charge in [-0.2, -0.15) is 8.78 Å². The van der Waals surface area contributed by atoms with Gasteiger partial charge in [-0.25, -0.2) is 30.7 Å². The lowest BCUT2D eigenvalue weighted by molar-refractivity contribution is 0.0966. The van der Waals surface area contributed by atoms with Crippen molar-refractivity contribution in [1.29, 1.82) is 0 Å². The Morgan fingerprint density at radius 3 is 1.79 bits per heavy atom. The Bertz CT molecular complexity index is 1550. The molecule has 1 aliphatic rings. The Morgan fingerprint density at radius 2 is 1.29 bits per heavy atom. The molecule has 0 aliphatic carbocycles. The number of hydrogen-bond acceptors (Lipinski definition) is 5. The van der Waals surface area contributed by atoms with Gasteiger partial charge >= 0.3 is 0 Å². The maximum absolute atomic E-state index is 14.2. The fourth-order valence-corrected chi connectivity index (χ4v) is 4.71. The zero-order valence-corrected chi connectivity index (χ0v) is 22.5. The number of hydrogen-bond donors (Lipinski definition) is 2. The highest BCUT2D eigenvalue weighted by molar-refractivity contribution is 7.80. The molecule has 6 nitrogen and oxygen atoms in total. The Morgan fingerprint density at radius 1 is 0.786 bits per heavy atom. The summed E-state index contributed by atoms with van der Waals surface area (Å²) < 4.78 is 130. The minimum Gasteiger partial charge on any atom is -0.491 e. The Kier molecular flexibility index (Phi) is 8.96. The first-order valence-corrected chi connectivity index (χ1v) is 12.4. The van der Waals surface area contributed by atoms with Crippen LogP contribution in [0.2, 0.25) is 5.02 Å². The van der Waals surface area contributed by atoms with Crippen LogP contribution < -0.4 is 25.2 Å². The van der Waals surface area contributed by atoms with Crippen molar-refractivity contribution in [3.05, 3.63) is 81.1 Å². The largest absolute Gasteiger partial charge is 0.491 e. The molecule has 0 radical (unpaired) electrons. The van der Waals surface area contributed by atoms with E-state index in [1.165, 1.54) is 18.2 Å². The molecule has 1 amide bonds. The van der Waals surface area contributed by atoms with Crippen LogP contribution in [-0.4, -0.2) is 44.3 Å². The van der Waals surface area contributed by atoms with Crippen LogP contribution in [0.1, 0.15) is 10.4 Å². The first-order valence-electron chi connectivity index (χ1n) is 11.6. The number of carbonyl (C=O) groups is 1. The van der Waals surface area contributed by atoms with Crippen LogP contribution in [0.25, 0.3) is 0 Å². The highest BCUT2D eigenvalue weighted by Gasteiger charge is 2.32. The van der Waals surface area contributed by atoms with Gasteiger partial charge in [0.15, 0.2) is 45.8 Å². The topological polar surface area (TPSA) is 56.8 Å². The van der Waals surface area contributed by atoms with Gasteiger partial charge in [0.25, 0.3) is 5.91 Å². The summed E-state index contributed by atoms with van der Waals surface area (Å²) in [6, 6.07) is 4.24. The fraction of sp³-hybridized carbons (Fsp3) is 0.200. The van der Waals surface area contributed by atoms with E-state index in [9.17, 15) is 44.3 Å². The predicted octanol–water partition coefficient (Wildman–Crippen LogP) is 6.05. The van der Waals surface area contributed by atoms with Gasteiger partial charge in [-0.15, -0.1) is 0 Å². The molecule has 4 rings (SSSR count). The van der Waals surface area contributed by atoms with Gasteiger partial charge in [-0.05, 0) is 30.4 Å². The number of halogens is 10. The molecule has 224 valence electrons. The maximum Gasteiger partial charge on any atom is 0.263 e. The van der Waals surface area contributed by atoms with E-state index in [4.69, 9.17) is 23.8 Å². The number of ether oxygens (including phenoxy) is 1. The molecule has 0 saturated carbocycles. The second-order valence-corrected chi connectivity index (χ2v) is 9.45. The molecular weight excluding hydrogens is 627 g/mol. The molecule has 3 aromatic carbocycles. The molecule has 2 N–H and O–H groups in total. The summed E-state index contributed by atoms with van der Waals surface area (Å²) in [6.07, 6.45) is 0. The van der Waals surface area contributed by atoms with Gasteiger partial charge in [-0.1, -0.05) is 11.6 Å². The summed E-state index contributed by atoms with van der Waals surface area (Å²) in [6.45, 7) is -0.0892. The van der Waals surface area contributed by atoms with Crippen LogP contribution in [0.4, 0.5) is 56.6 Å². The van der Waals surface area contributed by atoms with Gasteiger partial charge in [0.05, 0.1) is 17.8 Å². The fourth-order valence-electron chi connectivity index (χ4n) is 4.20. The monoisotopic (exact) mass is 642 g/mol. The van der Waals surface area contributed by atoms with Crippen LogP contribution in [0, 0.1) is 52.4 Å². The van der Waals surface area contributed by atoms with Crippen LogP contribution in [0.3, 0.4) is 0 Å². The van der Waals surface area contributed by atoms with E-state index in [0.29, 0.717) is 5.69 Å². The third-order valence-corrected chi connectivity index (χ3v) is 6.72. The quantitative estimate of drug-likeness (QED) is 0.153. The molecule has 0 aromatic heterocycles. The Labute approximate surface area is 241 Å². The van der Waals surface area contributed by atoms with Gasteiger partial charge in [0.2, 0.25) is 17.5 Å². The molecule has 0 unspecified atom stereocenters. The summed E-state index contributed by atoms with van der Waals surface area (Å²) in [5.74, 6) is -21.0. The molecule has 17 heteroatoms. The number of nitrogens with zero attached hydrogens (tertiary/aromatic N) is 2. The van der Waals surface area contributed by atoms with Crippen LogP contribution >= 0.6 is 23.8 Å². The standard InChI is InChI=1S/C25H16ClF9N4O2S/c1-41-23-20(34)13(27)12(14(28)21(23)35)24(40)37-25(42)36-9-2-3-11(10(26)8-9)38-4-6-39(7-5-38)22-18(32)16(30)15(29)17(31)19(22)33/h2-3,8H,4-7H2,1H3,(H2,36,37,40,42). The number of amides is 1. The van der Waals surface area contributed by atoms with Crippen LogP contribution in [0.5, 0.6) is 5.75 Å². The lowest BCUT2D eigenvalue weighted by Gasteiger charge is -2.38. The number of thiocarbonyl (C=S) groups is 1. The summed E-state index contributed by atoms with van der Waals surface area (Å²) in [5, 5.41) is 3.98. The molecular formula is C25H16ClF9N4O2S. The van der Waals surface area contributed by atoms with Crippen molar-refractivity contribution in [3.8, 4) is 5.75 Å². The molecule has 1 fully saturated rings. The van der Waals surface area contributed by atoms with Crippen molar-refractivity contribution in [2.75, 3.05) is 48.4 Å². The van der Waals surface area contributed by atoms with Crippen molar-refractivity contribution in [2.45, 2.75) is 0 Å². The number of piperazine rings is 1. The number of anilines is 3. The molecule has 1 saturated heterocycles. The van der Waals surface area contributed by atoms with E-state index < -0.39 is 80.4 Å². The SMILES string of the molecule is COc1c(F)c(F)c(C(=O)NC(=S)Nc2ccc(N3CCN(c4c(F)c(F)c(F)c(F)c4F)CC3)c(Cl)c2)c(F)c1F. The second-order valence-electron chi connectivity index (χ2n) is 8.63. The minimum atomic E-state index is -2.25. The number of methoxy groups -OCH3 is 1. The van der Waals surface area contributed by atoms with E-state index in [1.807, 2.05) is 5.32 Å². The van der Waals surface area contributed by atoms with Gasteiger partial charge in [-0.3, -0.25) is 10.1 Å². The van der Waals surface area contributed by atoms with E-state index in [-0.39, 0.29) is 36.9 Å². The summed E-state index contributed by atoms with van der Waals surface area (Å²) >= 11 is 11.3. The lowest BCUT2D eigenvalue weighted by Crippen LogP contribution is -2.47. The normalized spacial score (nSPS) is 13.3. The molecule has 0 bridgehead atoms. The average molecular weight is 643 g/mol. The minimum absolute atomic E-state index is 0.0760. The average Bonchev–Trinajstić information content (AvgIpc) is 2.95. The first kappa shape index (κ1) is 31.0. The van der Waals surface area contributed by atoms with Crippen molar-refractivity contribution >= 4 is 51.9 Å². The Balaban J connectivity index is 1.42. The highest BCUT2D eigenvalue weighted by Crippen LogP contribution is 2.34. The molecule has 1 aliphatic heterocycles. The van der Waals surface area contributed by atoms with Crippen molar-refractivity contribution < 1.29 is 49.0 Å². The third-order valence-electron chi connectivity index (χ3n) is 6.21.